The molecule has 20 heavy (non-hydrogen) atoms. The van der Waals surface area contributed by atoms with Gasteiger partial charge in [-0.3, -0.25) is 0 Å². The summed E-state index contributed by atoms with van der Waals surface area (Å²) in [5.41, 5.74) is 6.75. The van der Waals surface area contributed by atoms with Gasteiger partial charge >= 0.3 is 0 Å². The number of hydrogen-bond donors (Lipinski definition) is 1. The summed E-state index contributed by atoms with van der Waals surface area (Å²) >= 11 is 0. The smallest absolute Gasteiger partial charge is 0.127 e. The van der Waals surface area contributed by atoms with Gasteiger partial charge in [0.05, 0.1) is 0 Å². The van der Waals surface area contributed by atoms with Gasteiger partial charge in [-0.05, 0) is 59.1 Å². The van der Waals surface area contributed by atoms with Gasteiger partial charge < -0.3 is 15.5 Å². The van der Waals surface area contributed by atoms with Gasteiger partial charge in [-0.2, -0.15) is 0 Å². The lowest BCUT2D eigenvalue weighted by Crippen LogP contribution is -2.42. The maximum atomic E-state index is 13.6. The first-order valence-electron chi connectivity index (χ1n) is 7.46. The molecule has 0 aromatic heterocycles. The Hall–Kier alpha value is -0.970. The van der Waals surface area contributed by atoms with E-state index in [9.17, 15) is 4.39 Å². The first-order valence-corrected chi connectivity index (χ1v) is 7.46. The number of hydrogen-bond acceptors (Lipinski definition) is 3. The van der Waals surface area contributed by atoms with Gasteiger partial charge in [0.2, 0.25) is 0 Å². The summed E-state index contributed by atoms with van der Waals surface area (Å²) < 4.78 is 13.6. The van der Waals surface area contributed by atoms with Crippen molar-refractivity contribution >= 4 is 0 Å². The third-order valence-electron chi connectivity index (χ3n) is 4.35. The minimum Gasteiger partial charge on any atom is -0.324 e. The van der Waals surface area contributed by atoms with Crippen LogP contribution in [0.2, 0.25) is 0 Å². The first-order chi connectivity index (χ1) is 9.58. The molecule has 1 aromatic rings. The highest BCUT2D eigenvalue weighted by Gasteiger charge is 2.21. The van der Waals surface area contributed by atoms with Crippen LogP contribution >= 0.6 is 0 Å². The molecule has 0 aliphatic carbocycles. The summed E-state index contributed by atoms with van der Waals surface area (Å²) in [6.07, 6.45) is 3.23. The van der Waals surface area contributed by atoms with Crippen LogP contribution in [0.15, 0.2) is 24.3 Å². The molecule has 1 aromatic carbocycles. The van der Waals surface area contributed by atoms with Crippen molar-refractivity contribution < 1.29 is 4.39 Å². The number of rotatable bonds is 5. The summed E-state index contributed by atoms with van der Waals surface area (Å²) in [7, 11) is 4.29. The fourth-order valence-electron chi connectivity index (χ4n) is 2.91. The number of nitrogens with zero attached hydrogens (tertiary/aromatic N) is 2. The minimum atomic E-state index is -0.206. The van der Waals surface area contributed by atoms with Crippen LogP contribution < -0.4 is 5.73 Å². The Bertz CT molecular complexity index is 414. The van der Waals surface area contributed by atoms with Crippen LogP contribution in [0.25, 0.3) is 0 Å². The maximum absolute atomic E-state index is 13.6. The van der Waals surface area contributed by atoms with Crippen molar-refractivity contribution in [3.8, 4) is 0 Å². The average Bonchev–Trinajstić information content (AvgIpc) is 2.45. The van der Waals surface area contributed by atoms with Crippen LogP contribution in [-0.4, -0.2) is 49.6 Å². The molecule has 1 atom stereocenters. The molecule has 2 rings (SSSR count). The SMILES string of the molecule is CN(C)C1CCN(CCC(N)c2ccccc2F)CC1. The van der Waals surface area contributed by atoms with Crippen LogP contribution in [0.1, 0.15) is 30.9 Å². The van der Waals surface area contributed by atoms with E-state index in [0.29, 0.717) is 11.6 Å². The summed E-state index contributed by atoms with van der Waals surface area (Å²) in [5.74, 6) is -0.189. The third-order valence-corrected chi connectivity index (χ3v) is 4.35. The first kappa shape index (κ1) is 15.4. The molecule has 0 amide bonds. The highest BCUT2D eigenvalue weighted by Crippen LogP contribution is 2.20. The predicted molar refractivity (Wildman–Crippen MR) is 81.1 cm³/mol. The van der Waals surface area contributed by atoms with Crippen molar-refractivity contribution in [3.63, 3.8) is 0 Å². The van der Waals surface area contributed by atoms with E-state index in [1.165, 1.54) is 18.9 Å². The molecule has 1 aliphatic rings. The molecule has 0 saturated carbocycles. The molecule has 112 valence electrons. The van der Waals surface area contributed by atoms with Gasteiger partial charge in [0.15, 0.2) is 0 Å². The lowest BCUT2D eigenvalue weighted by molar-refractivity contribution is 0.142. The molecule has 1 fully saturated rings. The number of piperidine rings is 1. The van der Waals surface area contributed by atoms with E-state index in [0.717, 1.165) is 26.1 Å². The third kappa shape index (κ3) is 4.01. The predicted octanol–water partition coefficient (Wildman–Crippen LogP) is 2.24. The molecule has 3 nitrogen and oxygen atoms in total. The number of benzene rings is 1. The second-order valence-electron chi connectivity index (χ2n) is 5.95. The number of halogens is 1. The van der Waals surface area contributed by atoms with Crippen molar-refractivity contribution in [2.24, 2.45) is 5.73 Å². The minimum absolute atomic E-state index is 0.189. The number of nitrogens with two attached hydrogens (primary N) is 1. The zero-order chi connectivity index (χ0) is 14.5. The number of likely N-dealkylation sites (tertiary alicyclic amines) is 1. The quantitative estimate of drug-likeness (QED) is 0.897. The highest BCUT2D eigenvalue weighted by molar-refractivity contribution is 5.20. The standard InChI is InChI=1S/C16H26FN3/c1-19(2)13-7-10-20(11-8-13)12-9-16(18)14-5-3-4-6-15(14)17/h3-6,13,16H,7-12,18H2,1-2H3. The van der Waals surface area contributed by atoms with E-state index in [2.05, 4.69) is 23.9 Å². The van der Waals surface area contributed by atoms with Gasteiger partial charge in [0, 0.05) is 17.6 Å². The molecule has 4 heteroatoms. The van der Waals surface area contributed by atoms with Gasteiger partial charge in [-0.25, -0.2) is 4.39 Å². The van der Waals surface area contributed by atoms with Crippen LogP contribution in [0, 0.1) is 5.82 Å². The molecule has 1 aliphatic heterocycles. The van der Waals surface area contributed by atoms with Crippen LogP contribution in [0.3, 0.4) is 0 Å². The lowest BCUT2D eigenvalue weighted by atomic mass is 10.0. The van der Waals surface area contributed by atoms with E-state index < -0.39 is 0 Å². The Morgan fingerprint density at radius 3 is 2.55 bits per heavy atom. The zero-order valence-corrected chi connectivity index (χ0v) is 12.6. The highest BCUT2D eigenvalue weighted by atomic mass is 19.1. The van der Waals surface area contributed by atoms with E-state index >= 15 is 0 Å². The molecule has 0 radical (unpaired) electrons. The molecule has 2 N–H and O–H groups in total. The van der Waals surface area contributed by atoms with Crippen molar-refractivity contribution in [1.29, 1.82) is 0 Å². The van der Waals surface area contributed by atoms with Crippen molar-refractivity contribution in [2.75, 3.05) is 33.7 Å². The summed E-state index contributed by atoms with van der Waals surface area (Å²) in [5, 5.41) is 0. The normalized spacial score (nSPS) is 19.4. The summed E-state index contributed by atoms with van der Waals surface area (Å²) in [6, 6.07) is 7.32. The summed E-state index contributed by atoms with van der Waals surface area (Å²) in [6.45, 7) is 3.19. The van der Waals surface area contributed by atoms with Gasteiger partial charge in [0.1, 0.15) is 5.82 Å². The zero-order valence-electron chi connectivity index (χ0n) is 12.6. The van der Waals surface area contributed by atoms with Crippen molar-refractivity contribution in [1.82, 2.24) is 9.80 Å². The Kier molecular flexibility index (Phi) is 5.52. The largest absolute Gasteiger partial charge is 0.324 e. The van der Waals surface area contributed by atoms with Crippen LogP contribution in [-0.2, 0) is 0 Å². The fraction of sp³-hybridized carbons (Fsp3) is 0.625. The average molecular weight is 279 g/mol. The Labute approximate surface area is 121 Å². The van der Waals surface area contributed by atoms with Crippen LogP contribution in [0.5, 0.6) is 0 Å². The van der Waals surface area contributed by atoms with Crippen molar-refractivity contribution in [2.45, 2.75) is 31.3 Å². The van der Waals surface area contributed by atoms with Gasteiger partial charge in [-0.1, -0.05) is 18.2 Å². The fourth-order valence-corrected chi connectivity index (χ4v) is 2.91. The topological polar surface area (TPSA) is 32.5 Å². The van der Waals surface area contributed by atoms with E-state index in [1.807, 2.05) is 6.07 Å². The Balaban J connectivity index is 1.78. The molecule has 1 saturated heterocycles. The monoisotopic (exact) mass is 279 g/mol. The molecule has 0 bridgehead atoms. The van der Waals surface area contributed by atoms with Gasteiger partial charge in [0.25, 0.3) is 0 Å². The lowest BCUT2D eigenvalue weighted by Gasteiger charge is -2.35. The molecule has 1 unspecified atom stereocenters. The van der Waals surface area contributed by atoms with Gasteiger partial charge in [-0.15, -0.1) is 0 Å². The molecular formula is C16H26FN3. The second-order valence-corrected chi connectivity index (χ2v) is 5.95. The van der Waals surface area contributed by atoms with Crippen molar-refractivity contribution in [3.05, 3.63) is 35.6 Å². The second kappa shape index (κ2) is 7.16. The Morgan fingerprint density at radius 2 is 1.95 bits per heavy atom. The molecule has 1 heterocycles. The van der Waals surface area contributed by atoms with E-state index in [1.54, 1.807) is 12.1 Å². The maximum Gasteiger partial charge on any atom is 0.127 e. The molecular weight excluding hydrogens is 253 g/mol. The Morgan fingerprint density at radius 1 is 1.30 bits per heavy atom. The van der Waals surface area contributed by atoms with E-state index in [4.69, 9.17) is 5.73 Å². The molecule has 0 spiro atoms. The van der Waals surface area contributed by atoms with Crippen LogP contribution in [0.4, 0.5) is 4.39 Å². The van der Waals surface area contributed by atoms with E-state index in [-0.39, 0.29) is 11.9 Å². The summed E-state index contributed by atoms with van der Waals surface area (Å²) in [4.78, 5) is 4.75.